The van der Waals surface area contributed by atoms with Crippen LogP contribution in [0, 0.1) is 10.1 Å². The summed E-state index contributed by atoms with van der Waals surface area (Å²) in [4.78, 5) is 17.0. The number of pyridine rings is 1. The second-order valence-corrected chi connectivity index (χ2v) is 5.05. The molecule has 2 rings (SSSR count). The summed E-state index contributed by atoms with van der Waals surface area (Å²) in [5, 5.41) is 14.0. The quantitative estimate of drug-likeness (QED) is 0.407. The molecule has 0 amide bonds. The molecule has 1 aromatic heterocycles. The molecule has 0 aromatic carbocycles. The summed E-state index contributed by atoms with van der Waals surface area (Å²) in [5.74, 6) is 6.01. The molecule has 2 heterocycles. The van der Waals surface area contributed by atoms with Crippen molar-refractivity contribution >= 4 is 17.3 Å². The van der Waals surface area contributed by atoms with Gasteiger partial charge in [-0.05, 0) is 32.9 Å². The fourth-order valence-electron chi connectivity index (χ4n) is 2.42. The predicted octanol–water partition coefficient (Wildman–Crippen LogP) is 1.17. The largest absolute Gasteiger partial charge is 0.366 e. The highest BCUT2D eigenvalue weighted by Gasteiger charge is 2.16. The Labute approximate surface area is 117 Å². The van der Waals surface area contributed by atoms with E-state index in [9.17, 15) is 10.1 Å². The standard InChI is InChI=1S/C12H20N6O2/c1-9(8-17-4-2-3-5-17)14-11-6-10(18(19)20)7-12(15-11)16-13/h6-7,9H,2-5,8,13H2,1H3,(H2,14,15,16). The fourth-order valence-corrected chi connectivity index (χ4v) is 2.42. The highest BCUT2D eigenvalue weighted by Crippen LogP contribution is 2.20. The third-order valence-corrected chi connectivity index (χ3v) is 3.29. The van der Waals surface area contributed by atoms with Crippen LogP contribution in [0.2, 0.25) is 0 Å². The lowest BCUT2D eigenvalue weighted by molar-refractivity contribution is -0.384. The van der Waals surface area contributed by atoms with Gasteiger partial charge in [0, 0.05) is 12.6 Å². The van der Waals surface area contributed by atoms with E-state index in [0.29, 0.717) is 5.82 Å². The van der Waals surface area contributed by atoms with Crippen LogP contribution in [0.15, 0.2) is 12.1 Å². The molecule has 8 heteroatoms. The van der Waals surface area contributed by atoms with Crippen LogP contribution in [-0.2, 0) is 0 Å². The normalized spacial score (nSPS) is 16.9. The summed E-state index contributed by atoms with van der Waals surface area (Å²) >= 11 is 0. The second kappa shape index (κ2) is 6.49. The van der Waals surface area contributed by atoms with Gasteiger partial charge in [-0.25, -0.2) is 10.8 Å². The fraction of sp³-hybridized carbons (Fsp3) is 0.583. The molecule has 0 saturated carbocycles. The number of nitrogens with one attached hydrogen (secondary N) is 2. The van der Waals surface area contributed by atoms with E-state index < -0.39 is 4.92 Å². The first-order valence-electron chi connectivity index (χ1n) is 6.70. The zero-order chi connectivity index (χ0) is 14.5. The SMILES string of the molecule is CC(CN1CCCC1)Nc1cc([N+](=O)[O-])cc(NN)n1. The van der Waals surface area contributed by atoms with Crippen molar-refractivity contribution in [2.45, 2.75) is 25.8 Å². The summed E-state index contributed by atoms with van der Waals surface area (Å²) in [6.45, 7) is 5.16. The number of anilines is 2. The molecule has 1 fully saturated rings. The predicted molar refractivity (Wildman–Crippen MR) is 77.5 cm³/mol. The maximum absolute atomic E-state index is 10.9. The number of nitrogens with zero attached hydrogens (tertiary/aromatic N) is 3. The zero-order valence-electron chi connectivity index (χ0n) is 11.5. The van der Waals surface area contributed by atoms with E-state index in [-0.39, 0.29) is 17.5 Å². The van der Waals surface area contributed by atoms with Gasteiger partial charge in [0.25, 0.3) is 5.69 Å². The van der Waals surface area contributed by atoms with Gasteiger partial charge in [0.15, 0.2) is 0 Å². The number of aromatic nitrogens is 1. The smallest absolute Gasteiger partial charge is 0.276 e. The Hall–Kier alpha value is -1.93. The minimum Gasteiger partial charge on any atom is -0.366 e. The van der Waals surface area contributed by atoms with Gasteiger partial charge in [-0.2, -0.15) is 0 Å². The Morgan fingerprint density at radius 3 is 2.70 bits per heavy atom. The van der Waals surface area contributed by atoms with Crippen LogP contribution in [0.4, 0.5) is 17.3 Å². The van der Waals surface area contributed by atoms with Crippen molar-refractivity contribution < 1.29 is 4.92 Å². The molecular weight excluding hydrogens is 260 g/mol. The Kier molecular flexibility index (Phi) is 4.70. The number of nitrogens with two attached hydrogens (primary N) is 1. The lowest BCUT2D eigenvalue weighted by atomic mass is 10.3. The van der Waals surface area contributed by atoms with Crippen molar-refractivity contribution in [3.8, 4) is 0 Å². The summed E-state index contributed by atoms with van der Waals surface area (Å²) in [7, 11) is 0. The minimum atomic E-state index is -0.459. The van der Waals surface area contributed by atoms with E-state index in [0.717, 1.165) is 19.6 Å². The first-order chi connectivity index (χ1) is 9.58. The number of nitrogen functional groups attached to an aromatic ring is 1. The molecule has 0 aliphatic carbocycles. The van der Waals surface area contributed by atoms with Crippen molar-refractivity contribution in [1.29, 1.82) is 0 Å². The lowest BCUT2D eigenvalue weighted by Gasteiger charge is -2.21. The highest BCUT2D eigenvalue weighted by molar-refractivity contribution is 5.54. The summed E-state index contributed by atoms with van der Waals surface area (Å²) in [6.07, 6.45) is 2.48. The van der Waals surface area contributed by atoms with Gasteiger partial charge >= 0.3 is 0 Å². The van der Waals surface area contributed by atoms with Gasteiger partial charge in [0.2, 0.25) is 0 Å². The number of hydrazine groups is 1. The van der Waals surface area contributed by atoms with Gasteiger partial charge in [-0.3, -0.25) is 10.1 Å². The maximum Gasteiger partial charge on any atom is 0.276 e. The van der Waals surface area contributed by atoms with Gasteiger partial charge in [0.05, 0.1) is 17.1 Å². The van der Waals surface area contributed by atoms with Gasteiger partial charge in [-0.1, -0.05) is 0 Å². The molecule has 1 aliphatic heterocycles. The van der Waals surface area contributed by atoms with Gasteiger partial charge in [-0.15, -0.1) is 0 Å². The van der Waals surface area contributed by atoms with Gasteiger partial charge in [0.1, 0.15) is 11.6 Å². The molecule has 0 radical (unpaired) electrons. The van der Waals surface area contributed by atoms with Crippen molar-refractivity contribution in [2.24, 2.45) is 5.84 Å². The molecule has 8 nitrogen and oxygen atoms in total. The molecule has 4 N–H and O–H groups in total. The third kappa shape index (κ3) is 3.78. The molecule has 1 aromatic rings. The Morgan fingerprint density at radius 1 is 1.45 bits per heavy atom. The molecule has 1 unspecified atom stereocenters. The lowest BCUT2D eigenvalue weighted by Crippen LogP contribution is -2.33. The maximum atomic E-state index is 10.9. The number of likely N-dealkylation sites (tertiary alicyclic amines) is 1. The van der Waals surface area contributed by atoms with E-state index in [1.54, 1.807) is 0 Å². The van der Waals surface area contributed by atoms with Crippen molar-refractivity contribution in [1.82, 2.24) is 9.88 Å². The zero-order valence-corrected chi connectivity index (χ0v) is 11.5. The average molecular weight is 280 g/mol. The van der Waals surface area contributed by atoms with Crippen molar-refractivity contribution in [2.75, 3.05) is 30.4 Å². The van der Waals surface area contributed by atoms with Crippen LogP contribution in [0.3, 0.4) is 0 Å². The molecule has 20 heavy (non-hydrogen) atoms. The first-order valence-corrected chi connectivity index (χ1v) is 6.70. The van der Waals surface area contributed by atoms with Crippen molar-refractivity contribution in [3.63, 3.8) is 0 Å². The van der Waals surface area contributed by atoms with E-state index in [2.05, 4.69) is 20.6 Å². The van der Waals surface area contributed by atoms with E-state index >= 15 is 0 Å². The molecule has 1 saturated heterocycles. The number of hydrogen-bond acceptors (Lipinski definition) is 7. The number of rotatable bonds is 6. The summed E-state index contributed by atoms with van der Waals surface area (Å²) in [5.41, 5.74) is 2.30. The average Bonchev–Trinajstić information content (AvgIpc) is 2.90. The molecule has 1 atom stereocenters. The topological polar surface area (TPSA) is 109 Å². The minimum absolute atomic E-state index is 0.0381. The number of nitro groups is 1. The molecular formula is C12H20N6O2. The Balaban J connectivity index is 2.03. The van der Waals surface area contributed by atoms with Crippen LogP contribution >= 0.6 is 0 Å². The van der Waals surface area contributed by atoms with Crippen molar-refractivity contribution in [3.05, 3.63) is 22.2 Å². The molecule has 0 spiro atoms. The van der Waals surface area contributed by atoms with E-state index in [1.807, 2.05) is 6.92 Å². The van der Waals surface area contributed by atoms with Crippen LogP contribution in [0.25, 0.3) is 0 Å². The summed E-state index contributed by atoms with van der Waals surface area (Å²) < 4.78 is 0. The van der Waals surface area contributed by atoms with Crippen LogP contribution < -0.4 is 16.6 Å². The molecule has 0 bridgehead atoms. The van der Waals surface area contributed by atoms with E-state index in [4.69, 9.17) is 5.84 Å². The number of hydrogen-bond donors (Lipinski definition) is 3. The molecule has 1 aliphatic rings. The van der Waals surface area contributed by atoms with E-state index in [1.165, 1.54) is 25.0 Å². The van der Waals surface area contributed by atoms with Crippen LogP contribution in [0.1, 0.15) is 19.8 Å². The second-order valence-electron chi connectivity index (χ2n) is 5.05. The van der Waals surface area contributed by atoms with Gasteiger partial charge < -0.3 is 15.6 Å². The van der Waals surface area contributed by atoms with Crippen LogP contribution in [-0.4, -0.2) is 40.5 Å². The summed E-state index contributed by atoms with van der Waals surface area (Å²) in [6, 6.07) is 2.88. The Morgan fingerprint density at radius 2 is 2.10 bits per heavy atom. The van der Waals surface area contributed by atoms with Crippen LogP contribution in [0.5, 0.6) is 0 Å². The third-order valence-electron chi connectivity index (χ3n) is 3.29. The highest BCUT2D eigenvalue weighted by atomic mass is 16.6. The monoisotopic (exact) mass is 280 g/mol. The molecule has 110 valence electrons. The Bertz CT molecular complexity index is 475. The first kappa shape index (κ1) is 14.5.